The van der Waals surface area contributed by atoms with E-state index in [1.807, 2.05) is 19.9 Å². The van der Waals surface area contributed by atoms with Gasteiger partial charge in [-0.05, 0) is 37.4 Å². The maximum absolute atomic E-state index is 5.91. The summed E-state index contributed by atoms with van der Waals surface area (Å²) in [6, 6.07) is 11.0. The monoisotopic (exact) mass is 304 g/mol. The molecule has 1 aromatic carbocycles. The smallest absolute Gasteiger partial charge is 0.322 e. The van der Waals surface area contributed by atoms with Crippen LogP contribution in [0.15, 0.2) is 30.3 Å². The van der Waals surface area contributed by atoms with Gasteiger partial charge >= 0.3 is 6.01 Å². The minimum absolute atomic E-state index is 0.00527. The molecule has 0 amide bonds. The van der Waals surface area contributed by atoms with Crippen molar-refractivity contribution in [2.45, 2.75) is 38.3 Å². The Labute approximate surface area is 128 Å². The van der Waals surface area contributed by atoms with Gasteiger partial charge in [0.2, 0.25) is 11.2 Å². The van der Waals surface area contributed by atoms with E-state index in [1.54, 1.807) is 0 Å². The molecular weight excluding hydrogens is 288 g/mol. The van der Waals surface area contributed by atoms with Crippen LogP contribution >= 0.6 is 11.6 Å². The van der Waals surface area contributed by atoms with Gasteiger partial charge in [0.25, 0.3) is 0 Å². The number of nitrogens with zero attached hydrogens (tertiary/aromatic N) is 3. The topological polar surface area (TPSA) is 59.9 Å². The van der Waals surface area contributed by atoms with Gasteiger partial charge in [0.05, 0.1) is 6.10 Å². The van der Waals surface area contributed by atoms with Gasteiger partial charge < -0.3 is 10.1 Å². The van der Waals surface area contributed by atoms with E-state index in [0.29, 0.717) is 17.9 Å². The van der Waals surface area contributed by atoms with E-state index in [9.17, 15) is 0 Å². The molecule has 0 saturated heterocycles. The summed E-state index contributed by atoms with van der Waals surface area (Å²) in [4.78, 5) is 12.3. The van der Waals surface area contributed by atoms with Crippen molar-refractivity contribution in [2.75, 3.05) is 5.32 Å². The number of rotatable bonds is 5. The molecule has 2 unspecified atom stereocenters. The lowest BCUT2D eigenvalue weighted by Gasteiger charge is -2.09. The first-order valence-electron chi connectivity index (χ1n) is 7.01. The molecule has 0 bridgehead atoms. The first kappa shape index (κ1) is 14.1. The number of hydrogen-bond donors (Lipinski definition) is 1. The molecular formula is C15H17ClN4O. The average Bonchev–Trinajstić information content (AvgIpc) is 3.17. The van der Waals surface area contributed by atoms with Crippen LogP contribution in [0.4, 0.5) is 5.95 Å². The lowest BCUT2D eigenvalue weighted by molar-refractivity contribution is 0.222. The molecule has 1 saturated carbocycles. The minimum Gasteiger partial charge on any atom is -0.461 e. The van der Waals surface area contributed by atoms with E-state index in [1.165, 1.54) is 5.56 Å². The molecule has 1 aromatic heterocycles. The van der Waals surface area contributed by atoms with E-state index in [2.05, 4.69) is 44.5 Å². The third kappa shape index (κ3) is 3.61. The Morgan fingerprint density at radius 2 is 1.95 bits per heavy atom. The molecule has 0 spiro atoms. The molecule has 1 heterocycles. The van der Waals surface area contributed by atoms with Crippen LogP contribution < -0.4 is 10.1 Å². The highest BCUT2D eigenvalue weighted by atomic mass is 35.5. The Morgan fingerprint density at radius 3 is 2.67 bits per heavy atom. The van der Waals surface area contributed by atoms with Gasteiger partial charge in [-0.1, -0.05) is 30.3 Å². The summed E-state index contributed by atoms with van der Waals surface area (Å²) in [5.41, 5.74) is 1.33. The van der Waals surface area contributed by atoms with Crippen molar-refractivity contribution in [1.82, 2.24) is 15.0 Å². The number of nitrogens with one attached hydrogen (secondary N) is 1. The highest BCUT2D eigenvalue weighted by Gasteiger charge is 2.38. The van der Waals surface area contributed by atoms with Gasteiger partial charge in [0.1, 0.15) is 0 Å². The maximum Gasteiger partial charge on any atom is 0.322 e. The van der Waals surface area contributed by atoms with Crippen molar-refractivity contribution < 1.29 is 4.74 Å². The fourth-order valence-electron chi connectivity index (χ4n) is 2.25. The molecule has 21 heavy (non-hydrogen) atoms. The summed E-state index contributed by atoms with van der Waals surface area (Å²) in [6.45, 7) is 3.83. The Hall–Kier alpha value is -1.88. The molecule has 110 valence electrons. The lowest BCUT2D eigenvalue weighted by atomic mass is 10.1. The normalized spacial score (nSPS) is 20.4. The standard InChI is InChI=1S/C15H17ClN4O/c1-9(2)21-15-19-13(16)18-14(20-15)17-12-8-11(12)10-6-4-3-5-7-10/h3-7,9,11-12H,8H2,1-2H3,(H,17,18,19,20). The van der Waals surface area contributed by atoms with E-state index >= 15 is 0 Å². The summed E-state index contributed by atoms with van der Waals surface area (Å²) in [6.07, 6.45) is 1.06. The highest BCUT2D eigenvalue weighted by molar-refractivity contribution is 6.28. The van der Waals surface area contributed by atoms with Crippen LogP contribution in [0.2, 0.25) is 5.28 Å². The van der Waals surface area contributed by atoms with Crippen LogP contribution in [0.5, 0.6) is 6.01 Å². The number of benzene rings is 1. The summed E-state index contributed by atoms with van der Waals surface area (Å²) in [5.74, 6) is 0.963. The Kier molecular flexibility index (Phi) is 3.92. The summed E-state index contributed by atoms with van der Waals surface area (Å²) in [5, 5.41) is 3.43. The zero-order valence-corrected chi connectivity index (χ0v) is 12.7. The molecule has 1 aliphatic carbocycles. The molecule has 1 aliphatic rings. The molecule has 0 aliphatic heterocycles. The van der Waals surface area contributed by atoms with E-state index in [4.69, 9.17) is 16.3 Å². The average molecular weight is 305 g/mol. The fourth-order valence-corrected chi connectivity index (χ4v) is 2.40. The molecule has 1 N–H and O–H groups in total. The molecule has 0 radical (unpaired) electrons. The zero-order valence-electron chi connectivity index (χ0n) is 12.0. The highest BCUT2D eigenvalue weighted by Crippen LogP contribution is 2.42. The second kappa shape index (κ2) is 5.85. The van der Waals surface area contributed by atoms with E-state index in [0.717, 1.165) is 6.42 Å². The largest absolute Gasteiger partial charge is 0.461 e. The van der Waals surface area contributed by atoms with Crippen molar-refractivity contribution in [3.8, 4) is 6.01 Å². The van der Waals surface area contributed by atoms with Crippen molar-refractivity contribution in [3.05, 3.63) is 41.2 Å². The van der Waals surface area contributed by atoms with E-state index < -0.39 is 0 Å². The first-order valence-corrected chi connectivity index (χ1v) is 7.39. The predicted octanol–water partition coefficient (Wildman–Crippen LogP) is 3.28. The number of ether oxygens (including phenoxy) is 1. The third-order valence-electron chi connectivity index (χ3n) is 3.26. The third-order valence-corrected chi connectivity index (χ3v) is 3.43. The van der Waals surface area contributed by atoms with Crippen LogP contribution in [0.3, 0.4) is 0 Å². The van der Waals surface area contributed by atoms with Gasteiger partial charge in [0, 0.05) is 12.0 Å². The summed E-state index contributed by atoms with van der Waals surface area (Å²) >= 11 is 5.91. The number of anilines is 1. The maximum atomic E-state index is 5.91. The molecule has 2 atom stereocenters. The predicted molar refractivity (Wildman–Crippen MR) is 81.8 cm³/mol. The van der Waals surface area contributed by atoms with Gasteiger partial charge in [-0.15, -0.1) is 0 Å². The van der Waals surface area contributed by atoms with E-state index in [-0.39, 0.29) is 17.4 Å². The van der Waals surface area contributed by atoms with Crippen LogP contribution in [0.1, 0.15) is 31.7 Å². The van der Waals surface area contributed by atoms with Crippen molar-refractivity contribution in [3.63, 3.8) is 0 Å². The Morgan fingerprint density at radius 1 is 1.19 bits per heavy atom. The zero-order chi connectivity index (χ0) is 14.8. The van der Waals surface area contributed by atoms with Crippen LogP contribution in [-0.2, 0) is 0 Å². The van der Waals surface area contributed by atoms with Crippen molar-refractivity contribution >= 4 is 17.5 Å². The fraction of sp³-hybridized carbons (Fsp3) is 0.400. The quantitative estimate of drug-likeness (QED) is 0.918. The van der Waals surface area contributed by atoms with Gasteiger partial charge in [-0.3, -0.25) is 0 Å². The second-order valence-electron chi connectivity index (χ2n) is 5.38. The van der Waals surface area contributed by atoms with Gasteiger partial charge in [-0.25, -0.2) is 0 Å². The number of hydrogen-bond acceptors (Lipinski definition) is 5. The van der Waals surface area contributed by atoms with Crippen LogP contribution in [0, 0.1) is 0 Å². The Bertz CT molecular complexity index is 620. The minimum atomic E-state index is -0.00527. The summed E-state index contributed by atoms with van der Waals surface area (Å²) < 4.78 is 5.46. The van der Waals surface area contributed by atoms with Gasteiger partial charge in [0.15, 0.2) is 0 Å². The van der Waals surface area contributed by atoms with Gasteiger partial charge in [-0.2, -0.15) is 15.0 Å². The summed E-state index contributed by atoms with van der Waals surface area (Å²) in [7, 11) is 0. The molecule has 2 aromatic rings. The van der Waals surface area contributed by atoms with Crippen molar-refractivity contribution in [2.24, 2.45) is 0 Å². The number of halogens is 1. The Balaban J connectivity index is 1.68. The molecule has 5 nitrogen and oxygen atoms in total. The molecule has 6 heteroatoms. The van der Waals surface area contributed by atoms with Crippen molar-refractivity contribution in [1.29, 1.82) is 0 Å². The van der Waals surface area contributed by atoms with Crippen LogP contribution in [0.25, 0.3) is 0 Å². The second-order valence-corrected chi connectivity index (χ2v) is 5.72. The lowest BCUT2D eigenvalue weighted by Crippen LogP contribution is -2.13. The van der Waals surface area contributed by atoms with Crippen LogP contribution in [-0.4, -0.2) is 27.1 Å². The number of aromatic nitrogens is 3. The first-order chi connectivity index (χ1) is 10.1. The SMILES string of the molecule is CC(C)Oc1nc(Cl)nc(NC2CC2c2ccccc2)n1. The molecule has 3 rings (SSSR count). The molecule has 1 fully saturated rings.